The van der Waals surface area contributed by atoms with Crippen LogP contribution in [0.2, 0.25) is 0 Å². The first kappa shape index (κ1) is 16.5. The van der Waals surface area contributed by atoms with Crippen molar-refractivity contribution in [2.75, 3.05) is 0 Å². The molecule has 0 atom stereocenters. The minimum absolute atomic E-state index is 0.0393. The van der Waals surface area contributed by atoms with Gasteiger partial charge >= 0.3 is 0 Å². The molecule has 0 unspecified atom stereocenters. The number of hydrogen-bond donors (Lipinski definition) is 0. The van der Waals surface area contributed by atoms with Crippen LogP contribution in [0.5, 0.6) is 0 Å². The molecule has 3 aromatic rings. The van der Waals surface area contributed by atoms with Crippen molar-refractivity contribution in [3.8, 4) is 22.5 Å². The van der Waals surface area contributed by atoms with Gasteiger partial charge < -0.3 is 0 Å². The molecule has 2 aromatic heterocycles. The van der Waals surface area contributed by atoms with Crippen LogP contribution in [0.1, 0.15) is 41.5 Å². The zero-order chi connectivity index (χ0) is 17.5. The van der Waals surface area contributed by atoms with E-state index in [0.717, 1.165) is 11.4 Å². The average molecular weight is 322 g/mol. The third kappa shape index (κ3) is 3.01. The van der Waals surface area contributed by atoms with E-state index in [4.69, 9.17) is 0 Å². The highest BCUT2D eigenvalue weighted by Crippen LogP contribution is 2.29. The first-order chi connectivity index (χ1) is 11.2. The molecule has 0 aliphatic carbocycles. The van der Waals surface area contributed by atoms with Crippen LogP contribution in [0.4, 0.5) is 0 Å². The molecule has 1 aromatic carbocycles. The van der Waals surface area contributed by atoms with Gasteiger partial charge in [-0.05, 0) is 64.8 Å². The van der Waals surface area contributed by atoms with Crippen molar-refractivity contribution < 1.29 is 0 Å². The van der Waals surface area contributed by atoms with E-state index in [1.807, 2.05) is 12.4 Å². The van der Waals surface area contributed by atoms with E-state index in [2.05, 4.69) is 97.5 Å². The highest BCUT2D eigenvalue weighted by molar-refractivity contribution is 5.67. The zero-order valence-corrected chi connectivity index (χ0v) is 15.4. The van der Waals surface area contributed by atoms with Crippen LogP contribution >= 0.6 is 0 Å². The Kier molecular flexibility index (Phi) is 3.86. The van der Waals surface area contributed by atoms with Gasteiger partial charge in [0.05, 0.1) is 22.5 Å². The fourth-order valence-electron chi connectivity index (χ4n) is 2.92. The second-order valence-electron chi connectivity index (χ2n) is 8.18. The predicted octanol–water partition coefficient (Wildman–Crippen LogP) is 4.92. The lowest BCUT2D eigenvalue weighted by atomic mass is 10.0. The van der Waals surface area contributed by atoms with E-state index < -0.39 is 0 Å². The predicted molar refractivity (Wildman–Crippen MR) is 98.9 cm³/mol. The summed E-state index contributed by atoms with van der Waals surface area (Å²) in [7, 11) is 0. The molecule has 24 heavy (non-hydrogen) atoms. The highest BCUT2D eigenvalue weighted by Gasteiger charge is 2.20. The lowest BCUT2D eigenvalue weighted by molar-refractivity contribution is 0.359. The average Bonchev–Trinajstić information content (AvgIpc) is 3.15. The summed E-state index contributed by atoms with van der Waals surface area (Å²) in [6, 6.07) is 12.8. The fourth-order valence-corrected chi connectivity index (χ4v) is 2.92. The van der Waals surface area contributed by atoms with Crippen LogP contribution in [0.3, 0.4) is 0 Å². The van der Waals surface area contributed by atoms with E-state index in [0.29, 0.717) is 0 Å². The third-order valence-electron chi connectivity index (χ3n) is 4.03. The molecule has 4 heteroatoms. The van der Waals surface area contributed by atoms with Gasteiger partial charge in [-0.25, -0.2) is 0 Å². The number of benzene rings is 1. The van der Waals surface area contributed by atoms with Gasteiger partial charge in [0, 0.05) is 12.4 Å². The van der Waals surface area contributed by atoms with Gasteiger partial charge in [-0.2, -0.15) is 10.2 Å². The van der Waals surface area contributed by atoms with Gasteiger partial charge in [0.1, 0.15) is 0 Å². The van der Waals surface area contributed by atoms with Crippen molar-refractivity contribution in [2.45, 2.75) is 52.6 Å². The Morgan fingerprint density at radius 2 is 0.917 bits per heavy atom. The van der Waals surface area contributed by atoms with Gasteiger partial charge in [0.15, 0.2) is 0 Å². The smallest absolute Gasteiger partial charge is 0.0688 e. The molecular weight excluding hydrogens is 296 g/mol. The Labute approximate surface area is 144 Å². The minimum Gasteiger partial charge on any atom is -0.260 e. The largest absolute Gasteiger partial charge is 0.260 e. The van der Waals surface area contributed by atoms with Crippen LogP contribution < -0.4 is 0 Å². The van der Waals surface area contributed by atoms with Crippen molar-refractivity contribution in [3.05, 3.63) is 48.8 Å². The van der Waals surface area contributed by atoms with E-state index in [-0.39, 0.29) is 11.1 Å². The van der Waals surface area contributed by atoms with Crippen molar-refractivity contribution in [2.24, 2.45) is 0 Å². The number of hydrogen-bond acceptors (Lipinski definition) is 2. The fraction of sp³-hybridized carbons (Fsp3) is 0.400. The van der Waals surface area contributed by atoms with Gasteiger partial charge in [-0.15, -0.1) is 0 Å². The Morgan fingerprint density at radius 1 is 0.583 bits per heavy atom. The molecule has 4 nitrogen and oxygen atoms in total. The van der Waals surface area contributed by atoms with Crippen LogP contribution in [0, 0.1) is 0 Å². The quantitative estimate of drug-likeness (QED) is 0.671. The number of rotatable bonds is 2. The Morgan fingerprint density at radius 3 is 1.21 bits per heavy atom. The molecule has 0 fully saturated rings. The summed E-state index contributed by atoms with van der Waals surface area (Å²) in [6.07, 6.45) is 3.73. The normalized spacial score (nSPS) is 12.6. The summed E-state index contributed by atoms with van der Waals surface area (Å²) in [5.41, 5.74) is 4.54. The summed E-state index contributed by atoms with van der Waals surface area (Å²) >= 11 is 0. The van der Waals surface area contributed by atoms with Crippen LogP contribution in [0.25, 0.3) is 22.5 Å². The molecule has 0 aliphatic rings. The molecule has 0 bridgehead atoms. The standard InChI is InChI=1S/C20H26N4/c1-19(2,3)23-17(11-13-21-23)15-7-9-16(10-8-15)18-12-14-22-24(18)20(4,5)6/h7-14H,1-6H3. The molecule has 0 N–H and O–H groups in total. The zero-order valence-electron chi connectivity index (χ0n) is 15.4. The molecule has 2 heterocycles. The van der Waals surface area contributed by atoms with Crippen molar-refractivity contribution in [3.63, 3.8) is 0 Å². The maximum atomic E-state index is 4.49. The topological polar surface area (TPSA) is 35.6 Å². The second kappa shape index (κ2) is 5.62. The molecule has 0 radical (unpaired) electrons. The first-order valence-corrected chi connectivity index (χ1v) is 8.38. The van der Waals surface area contributed by atoms with E-state index in [1.165, 1.54) is 11.1 Å². The summed E-state index contributed by atoms with van der Waals surface area (Å²) in [5, 5.41) is 8.97. The number of aromatic nitrogens is 4. The van der Waals surface area contributed by atoms with E-state index in [9.17, 15) is 0 Å². The van der Waals surface area contributed by atoms with Gasteiger partial charge in [0.2, 0.25) is 0 Å². The lowest BCUT2D eigenvalue weighted by Gasteiger charge is -2.23. The van der Waals surface area contributed by atoms with Crippen LogP contribution in [0.15, 0.2) is 48.8 Å². The van der Waals surface area contributed by atoms with E-state index >= 15 is 0 Å². The molecule has 3 rings (SSSR count). The van der Waals surface area contributed by atoms with Crippen molar-refractivity contribution >= 4 is 0 Å². The van der Waals surface area contributed by atoms with E-state index in [1.54, 1.807) is 0 Å². The Hall–Kier alpha value is -2.36. The summed E-state index contributed by atoms with van der Waals surface area (Å²) in [6.45, 7) is 13.0. The molecular formula is C20H26N4. The lowest BCUT2D eigenvalue weighted by Crippen LogP contribution is -2.24. The highest BCUT2D eigenvalue weighted by atomic mass is 15.3. The molecule has 0 saturated carbocycles. The molecule has 0 amide bonds. The van der Waals surface area contributed by atoms with Crippen LogP contribution in [-0.2, 0) is 11.1 Å². The Balaban J connectivity index is 1.99. The van der Waals surface area contributed by atoms with Gasteiger partial charge in [-0.3, -0.25) is 9.36 Å². The van der Waals surface area contributed by atoms with Gasteiger partial charge in [-0.1, -0.05) is 24.3 Å². The van der Waals surface area contributed by atoms with Gasteiger partial charge in [0.25, 0.3) is 0 Å². The van der Waals surface area contributed by atoms with Crippen LogP contribution in [-0.4, -0.2) is 19.6 Å². The SMILES string of the molecule is CC(C)(C)n1nccc1-c1ccc(-c2ccnn2C(C)(C)C)cc1. The maximum absolute atomic E-state index is 4.49. The number of nitrogens with zero attached hydrogens (tertiary/aromatic N) is 4. The third-order valence-corrected chi connectivity index (χ3v) is 4.03. The summed E-state index contributed by atoms with van der Waals surface area (Å²) in [4.78, 5) is 0. The maximum Gasteiger partial charge on any atom is 0.0688 e. The van der Waals surface area contributed by atoms with Crippen molar-refractivity contribution in [1.82, 2.24) is 19.6 Å². The first-order valence-electron chi connectivity index (χ1n) is 8.38. The summed E-state index contributed by atoms with van der Waals surface area (Å²) in [5.74, 6) is 0. The summed E-state index contributed by atoms with van der Waals surface area (Å²) < 4.78 is 4.14. The molecule has 0 spiro atoms. The minimum atomic E-state index is -0.0393. The van der Waals surface area contributed by atoms with Crippen molar-refractivity contribution in [1.29, 1.82) is 0 Å². The second-order valence-corrected chi connectivity index (χ2v) is 8.18. The molecule has 0 aliphatic heterocycles. The molecule has 0 saturated heterocycles. The molecule has 126 valence electrons. The Bertz CT molecular complexity index is 752. The monoisotopic (exact) mass is 322 g/mol.